The molecule has 0 aromatic heterocycles. The molecule has 0 saturated carbocycles. The van der Waals surface area contributed by atoms with Gasteiger partial charge in [0.1, 0.15) is 17.7 Å². The summed E-state index contributed by atoms with van der Waals surface area (Å²) in [7, 11) is -1.68. The molecule has 1 aliphatic heterocycles. The minimum atomic E-state index is -1.68. The van der Waals surface area contributed by atoms with Gasteiger partial charge in [0.05, 0.1) is 11.0 Å². The quantitative estimate of drug-likeness (QED) is 0.365. The van der Waals surface area contributed by atoms with Crippen molar-refractivity contribution in [3.8, 4) is 0 Å². The van der Waals surface area contributed by atoms with Crippen molar-refractivity contribution in [2.75, 3.05) is 37.3 Å². The van der Waals surface area contributed by atoms with Crippen molar-refractivity contribution >= 4 is 33.4 Å². The first-order chi connectivity index (χ1) is 14.4. The van der Waals surface area contributed by atoms with Crippen molar-refractivity contribution in [2.45, 2.75) is 23.8 Å². The van der Waals surface area contributed by atoms with Crippen LogP contribution in [0.5, 0.6) is 0 Å². The Morgan fingerprint density at radius 3 is 2.23 bits per heavy atom. The maximum atomic E-state index is 14.5. The lowest BCUT2D eigenvalue weighted by molar-refractivity contribution is -0.127. The number of rotatable bonds is 7. The molecule has 1 fully saturated rings. The van der Waals surface area contributed by atoms with E-state index in [9.17, 15) is 28.3 Å². The van der Waals surface area contributed by atoms with Crippen molar-refractivity contribution in [3.05, 3.63) is 35.6 Å². The lowest BCUT2D eigenvalue weighted by Gasteiger charge is -2.30. The highest BCUT2D eigenvalue weighted by Crippen LogP contribution is 2.48. The second-order valence-electron chi connectivity index (χ2n) is 7.93. The normalized spacial score (nSPS) is 17.0. The average molecular weight is 460 g/mol. The van der Waals surface area contributed by atoms with E-state index in [2.05, 4.69) is 10.6 Å². The number of anilines is 1. The third kappa shape index (κ3) is 6.66. The van der Waals surface area contributed by atoms with Crippen LogP contribution in [0.3, 0.4) is 0 Å². The molecule has 5 N–H and O–H groups in total. The molecule has 1 aromatic carbocycles. The van der Waals surface area contributed by atoms with E-state index in [1.807, 2.05) is 0 Å². The van der Waals surface area contributed by atoms with Crippen LogP contribution in [0.4, 0.5) is 14.5 Å². The first-order valence-electron chi connectivity index (χ1n) is 9.47. The fourth-order valence-corrected chi connectivity index (χ4v) is 4.59. The standard InChI is InChI=1S/C20H27F2N3O5S/c1-31(2,3)18-13(21)8-12(9-14(18)22)24-20(29)17(11-4-6-30-7-5-11)25-19(28)15(26)10-16(23)27/h8-11,17,26H,4-7H2,1-3H3,(H2,23,27)(H,24,29)(H,25,28)/b15-10-. The number of amides is 3. The number of nitrogens with two attached hydrogens (primary N) is 1. The Morgan fingerprint density at radius 1 is 1.19 bits per heavy atom. The van der Waals surface area contributed by atoms with E-state index in [1.54, 1.807) is 18.8 Å². The fraction of sp³-hybridized carbons (Fsp3) is 0.450. The summed E-state index contributed by atoms with van der Waals surface area (Å²) in [6, 6.07) is 0.919. The predicted octanol–water partition coefficient (Wildman–Crippen LogP) is 1.79. The third-order valence-electron chi connectivity index (χ3n) is 4.70. The van der Waals surface area contributed by atoms with E-state index in [0.717, 1.165) is 12.1 Å². The van der Waals surface area contributed by atoms with Gasteiger partial charge in [-0.2, -0.15) is 0 Å². The van der Waals surface area contributed by atoms with E-state index >= 15 is 0 Å². The highest BCUT2D eigenvalue weighted by atomic mass is 32.3. The van der Waals surface area contributed by atoms with Crippen LogP contribution >= 0.6 is 10.0 Å². The summed E-state index contributed by atoms with van der Waals surface area (Å²) in [5.41, 5.74) is 4.82. The van der Waals surface area contributed by atoms with Gasteiger partial charge in [-0.05, 0) is 49.7 Å². The molecule has 8 nitrogen and oxygen atoms in total. The number of carbonyl (C=O) groups is 3. The molecule has 3 amide bonds. The Hall–Kier alpha value is -2.66. The fourth-order valence-electron chi connectivity index (χ4n) is 3.30. The van der Waals surface area contributed by atoms with Gasteiger partial charge in [-0.15, -0.1) is 0 Å². The maximum Gasteiger partial charge on any atom is 0.286 e. The first kappa shape index (κ1) is 24.6. The van der Waals surface area contributed by atoms with E-state index in [4.69, 9.17) is 10.5 Å². The second-order valence-corrected chi connectivity index (χ2v) is 12.0. The molecule has 172 valence electrons. The number of primary amides is 1. The summed E-state index contributed by atoms with van der Waals surface area (Å²) >= 11 is 0. The molecule has 1 unspecified atom stereocenters. The zero-order chi connectivity index (χ0) is 23.3. The summed E-state index contributed by atoms with van der Waals surface area (Å²) in [6.07, 6.45) is 6.63. The molecule has 2 rings (SSSR count). The summed E-state index contributed by atoms with van der Waals surface area (Å²) in [4.78, 5) is 35.9. The Bertz CT molecular complexity index is 872. The van der Waals surface area contributed by atoms with Gasteiger partial charge in [-0.1, -0.05) is 0 Å². The largest absolute Gasteiger partial charge is 0.503 e. The monoisotopic (exact) mass is 459 g/mol. The van der Waals surface area contributed by atoms with Crippen LogP contribution in [-0.4, -0.2) is 60.9 Å². The summed E-state index contributed by atoms with van der Waals surface area (Å²) in [5.74, 6) is -5.68. The van der Waals surface area contributed by atoms with Gasteiger partial charge in [0.25, 0.3) is 5.91 Å². The zero-order valence-corrected chi connectivity index (χ0v) is 18.4. The lowest BCUT2D eigenvalue weighted by atomic mass is 9.91. The Labute approximate surface area is 180 Å². The van der Waals surface area contributed by atoms with Crippen molar-refractivity contribution in [1.29, 1.82) is 0 Å². The van der Waals surface area contributed by atoms with Crippen LogP contribution in [0.25, 0.3) is 0 Å². The molecule has 1 heterocycles. The van der Waals surface area contributed by atoms with Crippen molar-refractivity contribution < 1.29 is 33.0 Å². The SMILES string of the molecule is CS(C)(C)c1c(F)cc(NC(=O)C(NC(=O)/C(O)=C/C(N)=O)C2CCOCC2)cc1F. The highest BCUT2D eigenvalue weighted by molar-refractivity contribution is 8.32. The average Bonchev–Trinajstić information content (AvgIpc) is 2.64. The van der Waals surface area contributed by atoms with Crippen LogP contribution in [-0.2, 0) is 19.1 Å². The van der Waals surface area contributed by atoms with Gasteiger partial charge in [-0.25, -0.2) is 18.8 Å². The Morgan fingerprint density at radius 2 is 1.74 bits per heavy atom. The Kier molecular flexibility index (Phi) is 8.02. The molecule has 1 saturated heterocycles. The maximum absolute atomic E-state index is 14.5. The lowest BCUT2D eigenvalue weighted by Crippen LogP contribution is -2.50. The smallest absolute Gasteiger partial charge is 0.286 e. The van der Waals surface area contributed by atoms with Crippen molar-refractivity contribution in [2.24, 2.45) is 11.7 Å². The van der Waals surface area contributed by atoms with Crippen LogP contribution in [0.2, 0.25) is 0 Å². The topological polar surface area (TPSA) is 131 Å². The van der Waals surface area contributed by atoms with Crippen molar-refractivity contribution in [3.63, 3.8) is 0 Å². The van der Waals surface area contributed by atoms with Crippen LogP contribution in [0.1, 0.15) is 12.8 Å². The molecule has 0 aliphatic carbocycles. The molecule has 0 spiro atoms. The number of hydrogen-bond donors (Lipinski definition) is 4. The highest BCUT2D eigenvalue weighted by Gasteiger charge is 2.32. The summed E-state index contributed by atoms with van der Waals surface area (Å²) in [6.45, 7) is 0.722. The molecule has 1 aliphatic rings. The van der Waals surface area contributed by atoms with Gasteiger partial charge < -0.3 is 26.2 Å². The number of hydrogen-bond acceptors (Lipinski definition) is 5. The van der Waals surface area contributed by atoms with Gasteiger partial charge in [0, 0.05) is 18.9 Å². The molecular formula is C20H27F2N3O5S. The molecule has 0 bridgehead atoms. The molecule has 0 radical (unpaired) electrons. The van der Waals surface area contributed by atoms with Crippen LogP contribution in [0.15, 0.2) is 28.9 Å². The van der Waals surface area contributed by atoms with E-state index in [1.165, 1.54) is 0 Å². The number of aliphatic hydroxyl groups is 1. The van der Waals surface area contributed by atoms with Crippen molar-refractivity contribution in [1.82, 2.24) is 5.32 Å². The number of halogens is 2. The first-order valence-corrected chi connectivity index (χ1v) is 12.3. The molecule has 11 heteroatoms. The molecule has 1 atom stereocenters. The van der Waals surface area contributed by atoms with Gasteiger partial charge in [-0.3, -0.25) is 14.4 Å². The minimum absolute atomic E-state index is 0.0266. The molecular weight excluding hydrogens is 432 g/mol. The van der Waals surface area contributed by atoms with Gasteiger partial charge in [0.15, 0.2) is 5.76 Å². The summed E-state index contributed by atoms with van der Waals surface area (Å²) in [5, 5.41) is 14.5. The third-order valence-corrected chi connectivity index (χ3v) is 6.31. The summed E-state index contributed by atoms with van der Waals surface area (Å²) < 4.78 is 34.3. The van der Waals surface area contributed by atoms with E-state index in [0.29, 0.717) is 32.1 Å². The van der Waals surface area contributed by atoms with Crippen LogP contribution in [0, 0.1) is 17.6 Å². The number of aliphatic hydroxyl groups excluding tert-OH is 1. The Balaban J connectivity index is 2.27. The van der Waals surface area contributed by atoms with E-state index < -0.39 is 51.2 Å². The van der Waals surface area contributed by atoms with Crippen LogP contribution < -0.4 is 16.4 Å². The number of carbonyl (C=O) groups excluding carboxylic acids is 3. The molecule has 31 heavy (non-hydrogen) atoms. The number of benzene rings is 1. The number of nitrogens with one attached hydrogen (secondary N) is 2. The minimum Gasteiger partial charge on any atom is -0.503 e. The zero-order valence-electron chi connectivity index (χ0n) is 17.5. The predicted molar refractivity (Wildman–Crippen MR) is 114 cm³/mol. The van der Waals surface area contributed by atoms with Gasteiger partial charge >= 0.3 is 0 Å². The number of ether oxygens (including phenoxy) is 1. The molecule has 1 aromatic rings. The van der Waals surface area contributed by atoms with E-state index in [-0.39, 0.29) is 16.5 Å². The van der Waals surface area contributed by atoms with Gasteiger partial charge in [0.2, 0.25) is 11.8 Å². The second kappa shape index (κ2) is 10.1.